The van der Waals surface area contributed by atoms with E-state index in [4.69, 9.17) is 0 Å². The van der Waals surface area contributed by atoms with Crippen LogP contribution in [0.5, 0.6) is 0 Å². The van der Waals surface area contributed by atoms with E-state index >= 15 is 0 Å². The molecular formula is C33H56FN5O2. The highest BCUT2D eigenvalue weighted by molar-refractivity contribution is 5.88. The molecule has 2 aromatic rings. The first kappa shape index (κ1) is 34.0. The molecule has 3 N–H and O–H groups in total. The summed E-state index contributed by atoms with van der Waals surface area (Å²) in [5.41, 5.74) is 2.69. The first-order chi connectivity index (χ1) is 19.7. The number of hydrogen-bond donors (Lipinski definition) is 3. The summed E-state index contributed by atoms with van der Waals surface area (Å²) in [6.45, 7) is 19.0. The smallest absolute Gasteiger partial charge is 0.243 e. The average molecular weight is 574 g/mol. The number of aromatic nitrogens is 2. The summed E-state index contributed by atoms with van der Waals surface area (Å²) in [5, 5.41) is 5.95. The lowest BCUT2D eigenvalue weighted by atomic mass is 10.0. The molecule has 7 nitrogen and oxygen atoms in total. The number of H-pyrrole nitrogens is 1. The van der Waals surface area contributed by atoms with Crippen molar-refractivity contribution in [1.29, 1.82) is 0 Å². The van der Waals surface area contributed by atoms with E-state index in [0.717, 1.165) is 37.1 Å². The molecule has 2 heterocycles. The van der Waals surface area contributed by atoms with Crippen LogP contribution >= 0.6 is 0 Å². The Morgan fingerprint density at radius 1 is 1.17 bits per heavy atom. The Kier molecular flexibility index (Phi) is 14.1. The maximum atomic E-state index is 14.4. The summed E-state index contributed by atoms with van der Waals surface area (Å²) < 4.78 is 14.4. The van der Waals surface area contributed by atoms with Crippen LogP contribution in [0.4, 0.5) is 4.39 Å². The quantitative estimate of drug-likeness (QED) is 0.257. The molecule has 0 radical (unpaired) electrons. The van der Waals surface area contributed by atoms with E-state index in [1.807, 2.05) is 47.6 Å². The van der Waals surface area contributed by atoms with Crippen LogP contribution in [0.2, 0.25) is 0 Å². The molecule has 2 aliphatic rings. The number of carbonyl (C=O) groups is 2. The van der Waals surface area contributed by atoms with Gasteiger partial charge in [-0.25, -0.2) is 9.37 Å². The zero-order valence-corrected chi connectivity index (χ0v) is 26.3. The van der Waals surface area contributed by atoms with E-state index < -0.39 is 12.1 Å². The lowest BCUT2D eigenvalue weighted by molar-refractivity contribution is -0.129. The van der Waals surface area contributed by atoms with Gasteiger partial charge in [-0.05, 0) is 70.1 Å². The van der Waals surface area contributed by atoms with Crippen molar-refractivity contribution in [2.75, 3.05) is 6.54 Å². The van der Waals surface area contributed by atoms with E-state index in [1.165, 1.54) is 25.3 Å². The second-order valence-corrected chi connectivity index (χ2v) is 10.8. The van der Waals surface area contributed by atoms with Crippen molar-refractivity contribution in [1.82, 2.24) is 25.5 Å². The van der Waals surface area contributed by atoms with Gasteiger partial charge in [0.05, 0.1) is 17.9 Å². The molecule has 1 aliphatic heterocycles. The maximum absolute atomic E-state index is 14.4. The summed E-state index contributed by atoms with van der Waals surface area (Å²) in [4.78, 5) is 35.9. The SMILES string of the molecule is C=C(C[C@H](NC(=O)CCC1CC1)C(=O)N[C@@H](C)c1ncc(-c2ccc(C)cc2F)[nH]1)N1CCCC[C@@H]1C.CC.CC.[HH].[HH]. The Morgan fingerprint density at radius 2 is 1.88 bits per heavy atom. The van der Waals surface area contributed by atoms with Crippen molar-refractivity contribution >= 4 is 11.8 Å². The molecule has 8 heteroatoms. The van der Waals surface area contributed by atoms with Crippen LogP contribution in [0.15, 0.2) is 36.7 Å². The third-order valence-electron chi connectivity index (χ3n) is 7.56. The third-order valence-corrected chi connectivity index (χ3v) is 7.56. The summed E-state index contributed by atoms with van der Waals surface area (Å²) >= 11 is 0. The highest BCUT2D eigenvalue weighted by Crippen LogP contribution is 2.33. The van der Waals surface area contributed by atoms with Gasteiger partial charge in [0.2, 0.25) is 11.8 Å². The first-order valence-electron chi connectivity index (χ1n) is 15.6. The van der Waals surface area contributed by atoms with Gasteiger partial charge in [0.1, 0.15) is 17.7 Å². The van der Waals surface area contributed by atoms with Crippen LogP contribution in [0.3, 0.4) is 0 Å². The number of amides is 2. The topological polar surface area (TPSA) is 90.1 Å². The highest BCUT2D eigenvalue weighted by Gasteiger charge is 2.29. The van der Waals surface area contributed by atoms with Gasteiger partial charge in [0.15, 0.2) is 0 Å². The molecule has 0 unspecified atom stereocenters. The van der Waals surface area contributed by atoms with Crippen molar-refractivity contribution < 1.29 is 16.8 Å². The van der Waals surface area contributed by atoms with E-state index in [9.17, 15) is 14.0 Å². The van der Waals surface area contributed by atoms with Gasteiger partial charge in [-0.1, -0.05) is 53.2 Å². The van der Waals surface area contributed by atoms with Gasteiger partial charge in [-0.3, -0.25) is 9.59 Å². The number of benzene rings is 1. The number of halogens is 1. The van der Waals surface area contributed by atoms with Crippen LogP contribution in [-0.2, 0) is 9.59 Å². The average Bonchev–Trinajstić information content (AvgIpc) is 3.67. The van der Waals surface area contributed by atoms with Crippen molar-refractivity contribution in [3.05, 3.63) is 53.9 Å². The van der Waals surface area contributed by atoms with Crippen LogP contribution in [0.1, 0.15) is 113 Å². The Balaban J connectivity index is 0.00000282. The second kappa shape index (κ2) is 16.9. The minimum Gasteiger partial charge on any atom is -0.373 e. The van der Waals surface area contributed by atoms with Crippen LogP contribution < -0.4 is 10.6 Å². The molecule has 41 heavy (non-hydrogen) atoms. The van der Waals surface area contributed by atoms with E-state index in [0.29, 0.717) is 41.9 Å². The molecule has 0 bridgehead atoms. The number of piperidine rings is 1. The highest BCUT2D eigenvalue weighted by atomic mass is 19.1. The summed E-state index contributed by atoms with van der Waals surface area (Å²) in [6, 6.07) is 4.23. The Bertz CT molecular complexity index is 1140. The summed E-state index contributed by atoms with van der Waals surface area (Å²) in [6.07, 6.45) is 9.01. The predicted molar refractivity (Wildman–Crippen MR) is 170 cm³/mol. The van der Waals surface area contributed by atoms with Crippen molar-refractivity contribution in [3.8, 4) is 11.3 Å². The molecule has 1 aliphatic carbocycles. The van der Waals surface area contributed by atoms with E-state index in [-0.39, 0.29) is 20.5 Å². The minimum absolute atomic E-state index is 0. The first-order valence-corrected chi connectivity index (χ1v) is 15.6. The van der Waals surface area contributed by atoms with Gasteiger partial charge < -0.3 is 20.5 Å². The molecule has 4 rings (SSSR count). The Hall–Kier alpha value is -3.16. The summed E-state index contributed by atoms with van der Waals surface area (Å²) in [5.74, 6) is 0.456. The number of nitrogens with one attached hydrogen (secondary N) is 3. The molecule has 3 atom stereocenters. The number of rotatable bonds is 11. The lowest BCUT2D eigenvalue weighted by Gasteiger charge is -2.37. The van der Waals surface area contributed by atoms with Crippen molar-refractivity contribution in [2.45, 2.75) is 118 Å². The molecule has 2 amide bonds. The fourth-order valence-corrected chi connectivity index (χ4v) is 5.05. The fourth-order valence-electron chi connectivity index (χ4n) is 5.05. The molecule has 2 fully saturated rings. The predicted octanol–water partition coefficient (Wildman–Crippen LogP) is 7.70. The Labute approximate surface area is 249 Å². The van der Waals surface area contributed by atoms with Crippen LogP contribution in [0, 0.1) is 18.7 Å². The zero-order chi connectivity index (χ0) is 30.5. The van der Waals surface area contributed by atoms with Crippen molar-refractivity contribution in [3.63, 3.8) is 0 Å². The normalized spacial score (nSPS) is 17.7. The molecule has 1 saturated carbocycles. The van der Waals surface area contributed by atoms with Crippen LogP contribution in [0.25, 0.3) is 11.3 Å². The summed E-state index contributed by atoms with van der Waals surface area (Å²) in [7, 11) is 0. The Morgan fingerprint density at radius 3 is 2.51 bits per heavy atom. The van der Waals surface area contributed by atoms with Gasteiger partial charge in [0, 0.05) is 39.5 Å². The van der Waals surface area contributed by atoms with Gasteiger partial charge in [-0.15, -0.1) is 0 Å². The maximum Gasteiger partial charge on any atom is 0.243 e. The molecule has 1 aromatic carbocycles. The standard InChI is InChI=1S/C29H40FN5O2.2C2H6.2H2/c1-18-8-12-23(24(30)15-18)26-17-31-28(34-26)21(4)32-29(37)25(33-27(36)13-11-22-9-10-22)16-20(3)35-14-6-5-7-19(35)2;2*1-2;;/h8,12,15,17,19,21-22,25H,3,5-7,9-11,13-14,16H2,1-2,4H3,(H,31,34)(H,32,37)(H,33,36);2*1-2H3;2*1H/t19-,21-,25-;;;;/m0..../s1. The second-order valence-electron chi connectivity index (χ2n) is 10.8. The minimum atomic E-state index is -0.722. The number of imidazole rings is 1. The van der Waals surface area contributed by atoms with Crippen molar-refractivity contribution in [2.24, 2.45) is 5.92 Å². The monoisotopic (exact) mass is 573 g/mol. The van der Waals surface area contributed by atoms with Gasteiger partial charge in [0.25, 0.3) is 0 Å². The number of nitrogens with zero attached hydrogens (tertiary/aromatic N) is 2. The number of carbonyl (C=O) groups excluding carboxylic acids is 2. The molecule has 1 aromatic heterocycles. The molecule has 232 valence electrons. The molecular weight excluding hydrogens is 517 g/mol. The van der Waals surface area contributed by atoms with Crippen LogP contribution in [-0.4, -0.2) is 45.3 Å². The number of aryl methyl sites for hydroxylation is 1. The van der Waals surface area contributed by atoms with Gasteiger partial charge >= 0.3 is 0 Å². The number of aromatic amines is 1. The third kappa shape index (κ3) is 10.3. The van der Waals surface area contributed by atoms with E-state index in [1.54, 1.807) is 12.3 Å². The lowest BCUT2D eigenvalue weighted by Crippen LogP contribution is -2.49. The molecule has 1 saturated heterocycles. The number of hydrogen-bond acceptors (Lipinski definition) is 4. The molecule has 0 spiro atoms. The fraction of sp³-hybridized carbons (Fsp3) is 0.606. The van der Waals surface area contributed by atoms with E-state index in [2.05, 4.69) is 39.0 Å². The van der Waals surface area contributed by atoms with Gasteiger partial charge in [-0.2, -0.15) is 0 Å². The largest absolute Gasteiger partial charge is 0.373 e. The number of likely N-dealkylation sites (tertiary alicyclic amines) is 1. The zero-order valence-electron chi connectivity index (χ0n) is 26.3.